The summed E-state index contributed by atoms with van der Waals surface area (Å²) in [5.74, 6) is 0.00282. The Morgan fingerprint density at radius 2 is 1.62 bits per heavy atom. The monoisotopic (exact) mass is 215 g/mol. The van der Waals surface area contributed by atoms with E-state index < -0.39 is 16.5 Å². The number of carbonyl (C=O) groups excluding carboxylic acids is 1. The number of cyclic esters (lactones) is 1. The highest BCUT2D eigenvalue weighted by atomic mass is 28.4. The Balaban J connectivity index is 2.25. The van der Waals surface area contributed by atoms with E-state index in [0.717, 1.165) is 0 Å². The summed E-state index contributed by atoms with van der Waals surface area (Å²) in [7, 11) is -2.60. The van der Waals surface area contributed by atoms with Gasteiger partial charge in [0.05, 0.1) is 0 Å². The summed E-state index contributed by atoms with van der Waals surface area (Å²) in [6.45, 7) is 9.40. The first kappa shape index (κ1) is 9.42. The summed E-state index contributed by atoms with van der Waals surface area (Å²) in [6.07, 6.45) is -0.133. The van der Waals surface area contributed by atoms with Crippen LogP contribution in [0.5, 0.6) is 0 Å². The fourth-order valence-electron chi connectivity index (χ4n) is 2.54. The molecule has 0 radical (unpaired) electrons. The van der Waals surface area contributed by atoms with Crippen LogP contribution in [0.1, 0.15) is 0 Å². The van der Waals surface area contributed by atoms with Crippen LogP contribution in [-0.4, -0.2) is 32.9 Å². The first-order valence-corrected chi connectivity index (χ1v) is 11.2. The minimum Gasteiger partial charge on any atom is -0.432 e. The zero-order chi connectivity index (χ0) is 9.85. The van der Waals surface area contributed by atoms with Crippen LogP contribution in [0.4, 0.5) is 0 Å². The molecule has 3 nitrogen and oxygen atoms in total. The molecule has 0 spiro atoms. The summed E-state index contributed by atoms with van der Waals surface area (Å²) in [5.41, 5.74) is 0. The zero-order valence-corrected chi connectivity index (χ0v) is 10.8. The van der Waals surface area contributed by atoms with Crippen LogP contribution < -0.4 is 0 Å². The number of hydrogen-bond acceptors (Lipinski definition) is 3. The van der Waals surface area contributed by atoms with Crippen LogP contribution in [0.3, 0.4) is 0 Å². The van der Waals surface area contributed by atoms with Crippen molar-refractivity contribution in [2.75, 3.05) is 0 Å². The van der Waals surface area contributed by atoms with E-state index in [4.69, 9.17) is 4.74 Å². The van der Waals surface area contributed by atoms with Gasteiger partial charge >= 0.3 is 5.97 Å². The van der Waals surface area contributed by atoms with Gasteiger partial charge in [-0.15, -0.1) is 0 Å². The molecule has 2 rings (SSSR count). The number of ether oxygens (including phenoxy) is 1. The standard InChI is InChI=1S/C8H17NO2Si2/c1-12(2)5-6-13(3,4)9(12)7-8(10)11-7/h7H,5-6H2,1-4H3. The molecule has 0 aromatic heterocycles. The van der Waals surface area contributed by atoms with Gasteiger partial charge < -0.3 is 8.97 Å². The fraction of sp³-hybridized carbons (Fsp3) is 0.875. The van der Waals surface area contributed by atoms with Gasteiger partial charge in [-0.1, -0.05) is 26.2 Å². The largest absolute Gasteiger partial charge is 0.432 e. The average Bonchev–Trinajstić information content (AvgIpc) is 2.57. The molecule has 2 aliphatic heterocycles. The first-order valence-electron chi connectivity index (χ1n) is 4.85. The smallest absolute Gasteiger partial charge is 0.364 e. The van der Waals surface area contributed by atoms with Gasteiger partial charge in [-0.05, 0) is 12.1 Å². The molecule has 0 bridgehead atoms. The molecule has 5 heteroatoms. The number of nitrogens with zero attached hydrogens (tertiary/aromatic N) is 1. The Morgan fingerprint density at radius 1 is 1.23 bits per heavy atom. The van der Waals surface area contributed by atoms with Crippen molar-refractivity contribution in [1.82, 2.24) is 4.23 Å². The van der Waals surface area contributed by atoms with Gasteiger partial charge in [0.25, 0.3) is 0 Å². The van der Waals surface area contributed by atoms with E-state index in [9.17, 15) is 4.79 Å². The van der Waals surface area contributed by atoms with Gasteiger partial charge in [0.15, 0.2) is 0 Å². The molecule has 0 amide bonds. The Bertz CT molecular complexity index is 249. The quantitative estimate of drug-likeness (QED) is 0.492. The summed E-state index contributed by atoms with van der Waals surface area (Å²) in [4.78, 5) is 11.0. The SMILES string of the molecule is C[Si]1(C)CC[Si](C)(C)N1C1OC1=O. The molecule has 2 aliphatic rings. The number of rotatable bonds is 1. The molecule has 2 fully saturated rings. The molecule has 0 aliphatic carbocycles. The second kappa shape index (κ2) is 2.46. The second-order valence-corrected chi connectivity index (χ2v) is 14.9. The summed E-state index contributed by atoms with van der Waals surface area (Å²) in [5, 5.41) is 0. The molecule has 74 valence electrons. The molecular weight excluding hydrogens is 198 g/mol. The predicted octanol–water partition coefficient (Wildman–Crippen LogP) is 1.60. The molecule has 0 aromatic rings. The van der Waals surface area contributed by atoms with Crippen LogP contribution in [0.2, 0.25) is 38.3 Å². The fourth-order valence-corrected chi connectivity index (χ4v) is 16.7. The van der Waals surface area contributed by atoms with E-state index in [-0.39, 0.29) is 12.2 Å². The maximum Gasteiger partial charge on any atom is 0.364 e. The highest BCUT2D eigenvalue weighted by Gasteiger charge is 2.59. The van der Waals surface area contributed by atoms with Crippen molar-refractivity contribution >= 4 is 22.4 Å². The lowest BCUT2D eigenvalue weighted by Gasteiger charge is -2.35. The molecular formula is C8H17NO2Si2. The Labute approximate surface area is 81.2 Å². The van der Waals surface area contributed by atoms with Crippen molar-refractivity contribution in [2.24, 2.45) is 0 Å². The molecule has 13 heavy (non-hydrogen) atoms. The van der Waals surface area contributed by atoms with E-state index in [1.807, 2.05) is 0 Å². The Kier molecular flexibility index (Phi) is 1.78. The van der Waals surface area contributed by atoms with Gasteiger partial charge in [0.1, 0.15) is 16.5 Å². The van der Waals surface area contributed by atoms with Gasteiger partial charge in [0.2, 0.25) is 6.23 Å². The summed E-state index contributed by atoms with van der Waals surface area (Å²) >= 11 is 0. The van der Waals surface area contributed by atoms with Gasteiger partial charge in [0, 0.05) is 0 Å². The molecule has 2 saturated heterocycles. The van der Waals surface area contributed by atoms with Crippen molar-refractivity contribution in [2.45, 2.75) is 44.5 Å². The van der Waals surface area contributed by atoms with Crippen molar-refractivity contribution in [1.29, 1.82) is 0 Å². The van der Waals surface area contributed by atoms with Gasteiger partial charge in [-0.3, -0.25) is 0 Å². The molecule has 0 saturated carbocycles. The van der Waals surface area contributed by atoms with E-state index in [1.54, 1.807) is 0 Å². The minimum atomic E-state index is -1.30. The van der Waals surface area contributed by atoms with Crippen LogP contribution in [0.25, 0.3) is 0 Å². The maximum absolute atomic E-state index is 11.0. The van der Waals surface area contributed by atoms with Crippen molar-refractivity contribution in [3.63, 3.8) is 0 Å². The van der Waals surface area contributed by atoms with E-state index in [2.05, 4.69) is 30.4 Å². The number of carbonyl (C=O) groups is 1. The first-order chi connectivity index (χ1) is 5.84. The number of hydrogen-bond donors (Lipinski definition) is 0. The summed E-state index contributed by atoms with van der Waals surface area (Å²) < 4.78 is 7.52. The minimum absolute atomic E-state index is 0.00282. The lowest BCUT2D eigenvalue weighted by molar-refractivity contribution is -0.117. The lowest BCUT2D eigenvalue weighted by Crippen LogP contribution is -2.56. The Hall–Kier alpha value is -0.136. The maximum atomic E-state index is 11.0. The van der Waals surface area contributed by atoms with Gasteiger partial charge in [-0.2, -0.15) is 0 Å². The van der Waals surface area contributed by atoms with Crippen molar-refractivity contribution in [3.05, 3.63) is 0 Å². The van der Waals surface area contributed by atoms with E-state index in [1.165, 1.54) is 12.1 Å². The highest BCUT2D eigenvalue weighted by Crippen LogP contribution is 2.41. The third-order valence-corrected chi connectivity index (χ3v) is 13.4. The van der Waals surface area contributed by atoms with Crippen LogP contribution >= 0.6 is 0 Å². The third kappa shape index (κ3) is 1.39. The predicted molar refractivity (Wildman–Crippen MR) is 56.3 cm³/mol. The van der Waals surface area contributed by atoms with Crippen molar-refractivity contribution in [3.8, 4) is 0 Å². The molecule has 0 N–H and O–H groups in total. The Morgan fingerprint density at radius 3 is 1.92 bits per heavy atom. The van der Waals surface area contributed by atoms with Crippen LogP contribution in [-0.2, 0) is 9.53 Å². The second-order valence-electron chi connectivity index (χ2n) is 5.28. The zero-order valence-electron chi connectivity index (χ0n) is 8.76. The van der Waals surface area contributed by atoms with Crippen molar-refractivity contribution < 1.29 is 9.53 Å². The van der Waals surface area contributed by atoms with E-state index >= 15 is 0 Å². The molecule has 2 heterocycles. The van der Waals surface area contributed by atoms with E-state index in [0.29, 0.717) is 0 Å². The highest BCUT2D eigenvalue weighted by molar-refractivity contribution is 6.95. The third-order valence-electron chi connectivity index (χ3n) is 3.26. The molecule has 0 aromatic carbocycles. The molecule has 1 atom stereocenters. The van der Waals surface area contributed by atoms with Crippen LogP contribution in [0, 0.1) is 0 Å². The van der Waals surface area contributed by atoms with Crippen LogP contribution in [0.15, 0.2) is 0 Å². The molecule has 1 unspecified atom stereocenters. The normalized spacial score (nSPS) is 36.0. The summed E-state index contributed by atoms with van der Waals surface area (Å²) in [6, 6.07) is 2.67. The van der Waals surface area contributed by atoms with Gasteiger partial charge in [-0.25, -0.2) is 4.79 Å². The topological polar surface area (TPSA) is 32.8 Å². The lowest BCUT2D eigenvalue weighted by atomic mass is 10.8. The average molecular weight is 215 g/mol. The number of epoxide rings is 1.